The van der Waals surface area contributed by atoms with Crippen LogP contribution in [0.3, 0.4) is 0 Å². The van der Waals surface area contributed by atoms with Crippen molar-refractivity contribution in [2.24, 2.45) is 0 Å². The SMILES string of the molecule is CN(CCCNC(=O)CCC(=O)N1CC(=O)Nc2ccccc21)c1ccccc1. The molecule has 2 aromatic carbocycles. The van der Waals surface area contributed by atoms with Gasteiger partial charge in [0.25, 0.3) is 0 Å². The normalized spacial score (nSPS) is 12.7. The molecule has 7 nitrogen and oxygen atoms in total. The van der Waals surface area contributed by atoms with Gasteiger partial charge in [-0.1, -0.05) is 30.3 Å². The first-order valence-electron chi connectivity index (χ1n) is 9.77. The summed E-state index contributed by atoms with van der Waals surface area (Å²) in [6.45, 7) is 1.35. The first-order valence-corrected chi connectivity index (χ1v) is 9.77. The number of hydrogen-bond acceptors (Lipinski definition) is 4. The second-order valence-corrected chi connectivity index (χ2v) is 7.01. The van der Waals surface area contributed by atoms with Crippen molar-refractivity contribution in [1.82, 2.24) is 5.32 Å². The van der Waals surface area contributed by atoms with Crippen LogP contribution >= 0.6 is 0 Å². The Kier molecular flexibility index (Phi) is 6.84. The minimum absolute atomic E-state index is 0.0245. The van der Waals surface area contributed by atoms with Crippen LogP contribution < -0.4 is 20.4 Å². The van der Waals surface area contributed by atoms with Gasteiger partial charge in [0.1, 0.15) is 6.54 Å². The number of anilines is 3. The summed E-state index contributed by atoms with van der Waals surface area (Å²) in [5.41, 5.74) is 2.42. The number of hydrogen-bond donors (Lipinski definition) is 2. The average Bonchev–Trinajstić information content (AvgIpc) is 2.74. The molecule has 2 N–H and O–H groups in total. The molecule has 2 aromatic rings. The molecule has 1 aliphatic rings. The Morgan fingerprint density at radius 2 is 1.79 bits per heavy atom. The Bertz CT molecular complexity index is 869. The molecule has 0 unspecified atom stereocenters. The standard InChI is InChI=1S/C22H26N4O3/c1-25(17-8-3-2-4-9-17)15-7-14-23-20(27)12-13-22(29)26-16-21(28)24-18-10-5-6-11-19(18)26/h2-6,8-11H,7,12-16H2,1H3,(H,23,27)(H,24,28). The highest BCUT2D eigenvalue weighted by Crippen LogP contribution is 2.29. The average molecular weight is 394 g/mol. The van der Waals surface area contributed by atoms with Gasteiger partial charge in [-0.15, -0.1) is 0 Å². The van der Waals surface area contributed by atoms with E-state index < -0.39 is 0 Å². The molecule has 1 heterocycles. The van der Waals surface area contributed by atoms with E-state index in [4.69, 9.17) is 0 Å². The van der Waals surface area contributed by atoms with E-state index in [0.29, 0.717) is 17.9 Å². The fraction of sp³-hybridized carbons (Fsp3) is 0.318. The zero-order valence-electron chi connectivity index (χ0n) is 16.6. The van der Waals surface area contributed by atoms with Gasteiger partial charge in [-0.3, -0.25) is 14.4 Å². The third-order valence-electron chi connectivity index (χ3n) is 4.83. The van der Waals surface area contributed by atoms with Gasteiger partial charge in [0, 0.05) is 38.7 Å². The molecule has 0 aliphatic carbocycles. The maximum Gasteiger partial charge on any atom is 0.244 e. The van der Waals surface area contributed by atoms with E-state index in [1.54, 1.807) is 18.2 Å². The summed E-state index contributed by atoms with van der Waals surface area (Å²) < 4.78 is 0. The fourth-order valence-corrected chi connectivity index (χ4v) is 3.26. The van der Waals surface area contributed by atoms with Crippen molar-refractivity contribution in [1.29, 1.82) is 0 Å². The van der Waals surface area contributed by atoms with Crippen LogP contribution in [0, 0.1) is 0 Å². The third kappa shape index (κ3) is 5.57. The van der Waals surface area contributed by atoms with E-state index in [2.05, 4.69) is 15.5 Å². The molecule has 0 aromatic heterocycles. The highest BCUT2D eigenvalue weighted by atomic mass is 16.2. The summed E-state index contributed by atoms with van der Waals surface area (Å²) in [6.07, 6.45) is 0.982. The van der Waals surface area contributed by atoms with Gasteiger partial charge in [0.15, 0.2) is 0 Å². The first kappa shape index (κ1) is 20.4. The van der Waals surface area contributed by atoms with Crippen LogP contribution in [0.5, 0.6) is 0 Å². The van der Waals surface area contributed by atoms with Crippen LogP contribution in [0.4, 0.5) is 17.1 Å². The maximum atomic E-state index is 12.5. The quantitative estimate of drug-likeness (QED) is 0.674. The van der Waals surface area contributed by atoms with E-state index >= 15 is 0 Å². The van der Waals surface area contributed by atoms with E-state index in [-0.39, 0.29) is 37.1 Å². The zero-order chi connectivity index (χ0) is 20.6. The van der Waals surface area contributed by atoms with Crippen molar-refractivity contribution in [3.63, 3.8) is 0 Å². The number of nitrogens with zero attached hydrogens (tertiary/aromatic N) is 2. The lowest BCUT2D eigenvalue weighted by molar-refractivity contribution is -0.125. The lowest BCUT2D eigenvalue weighted by atomic mass is 10.1. The molecule has 0 saturated carbocycles. The number of carbonyl (C=O) groups excluding carboxylic acids is 3. The summed E-state index contributed by atoms with van der Waals surface area (Å²) in [5, 5.41) is 5.61. The van der Waals surface area contributed by atoms with Crippen LogP contribution in [0.15, 0.2) is 54.6 Å². The topological polar surface area (TPSA) is 81.8 Å². The van der Waals surface area contributed by atoms with E-state index in [0.717, 1.165) is 18.7 Å². The molecular weight excluding hydrogens is 368 g/mol. The molecule has 0 radical (unpaired) electrons. The summed E-state index contributed by atoms with van der Waals surface area (Å²) in [4.78, 5) is 40.0. The molecule has 1 aliphatic heterocycles. The number of rotatable bonds is 8. The molecule has 29 heavy (non-hydrogen) atoms. The third-order valence-corrected chi connectivity index (χ3v) is 4.83. The fourth-order valence-electron chi connectivity index (χ4n) is 3.26. The molecule has 0 spiro atoms. The smallest absolute Gasteiger partial charge is 0.244 e. The summed E-state index contributed by atoms with van der Waals surface area (Å²) in [6, 6.07) is 17.2. The van der Waals surface area contributed by atoms with Crippen molar-refractivity contribution in [2.75, 3.05) is 41.8 Å². The number of para-hydroxylation sites is 3. The van der Waals surface area contributed by atoms with Gasteiger partial charge in [-0.2, -0.15) is 0 Å². The zero-order valence-corrected chi connectivity index (χ0v) is 16.6. The second kappa shape index (κ2) is 9.73. The van der Waals surface area contributed by atoms with E-state index in [1.165, 1.54) is 4.90 Å². The minimum atomic E-state index is -0.232. The van der Waals surface area contributed by atoms with Crippen LogP contribution in [0.1, 0.15) is 19.3 Å². The van der Waals surface area contributed by atoms with E-state index in [1.807, 2.05) is 43.4 Å². The van der Waals surface area contributed by atoms with Gasteiger partial charge in [0.05, 0.1) is 11.4 Å². The Balaban J connectivity index is 1.39. The van der Waals surface area contributed by atoms with Crippen molar-refractivity contribution in [3.8, 4) is 0 Å². The number of benzene rings is 2. The lowest BCUT2D eigenvalue weighted by Crippen LogP contribution is -2.42. The summed E-state index contributed by atoms with van der Waals surface area (Å²) in [7, 11) is 2.02. The molecule has 3 amide bonds. The first-order chi connectivity index (χ1) is 14.0. The molecule has 3 rings (SSSR count). The number of amides is 3. The van der Waals surface area contributed by atoms with Gasteiger partial charge in [-0.05, 0) is 30.7 Å². The van der Waals surface area contributed by atoms with Crippen LogP contribution in [0.25, 0.3) is 0 Å². The predicted molar refractivity (Wildman–Crippen MR) is 114 cm³/mol. The van der Waals surface area contributed by atoms with E-state index in [9.17, 15) is 14.4 Å². The molecule has 0 saturated heterocycles. The molecule has 152 valence electrons. The van der Waals surface area contributed by atoms with Crippen LogP contribution in [0.2, 0.25) is 0 Å². The highest BCUT2D eigenvalue weighted by molar-refractivity contribution is 6.10. The van der Waals surface area contributed by atoms with Crippen LogP contribution in [-0.4, -0.2) is 44.4 Å². The van der Waals surface area contributed by atoms with Gasteiger partial charge in [0.2, 0.25) is 17.7 Å². The van der Waals surface area contributed by atoms with Gasteiger partial charge >= 0.3 is 0 Å². The number of nitrogens with one attached hydrogen (secondary N) is 2. The summed E-state index contributed by atoms with van der Waals surface area (Å²) in [5.74, 6) is -0.620. The Labute approximate surface area is 170 Å². The predicted octanol–water partition coefficient (Wildman–Crippen LogP) is 2.39. The van der Waals surface area contributed by atoms with Crippen molar-refractivity contribution < 1.29 is 14.4 Å². The number of carbonyl (C=O) groups is 3. The lowest BCUT2D eigenvalue weighted by Gasteiger charge is -2.29. The number of fused-ring (bicyclic) bond motifs is 1. The van der Waals surface area contributed by atoms with Crippen molar-refractivity contribution in [2.45, 2.75) is 19.3 Å². The second-order valence-electron chi connectivity index (χ2n) is 7.01. The minimum Gasteiger partial charge on any atom is -0.375 e. The van der Waals surface area contributed by atoms with Gasteiger partial charge < -0.3 is 20.4 Å². The van der Waals surface area contributed by atoms with Gasteiger partial charge in [-0.25, -0.2) is 0 Å². The molecule has 0 bridgehead atoms. The van der Waals surface area contributed by atoms with Crippen molar-refractivity contribution in [3.05, 3.63) is 54.6 Å². The molecule has 0 fully saturated rings. The summed E-state index contributed by atoms with van der Waals surface area (Å²) >= 11 is 0. The molecular formula is C22H26N4O3. The molecule has 0 atom stereocenters. The Morgan fingerprint density at radius 3 is 2.59 bits per heavy atom. The highest BCUT2D eigenvalue weighted by Gasteiger charge is 2.26. The van der Waals surface area contributed by atoms with Crippen molar-refractivity contribution >= 4 is 34.8 Å². The monoisotopic (exact) mass is 394 g/mol. The molecule has 7 heteroatoms. The maximum absolute atomic E-state index is 12.5. The Hall–Kier alpha value is -3.35. The largest absolute Gasteiger partial charge is 0.375 e. The van der Waals surface area contributed by atoms with Crippen LogP contribution in [-0.2, 0) is 14.4 Å². The Morgan fingerprint density at radius 1 is 1.07 bits per heavy atom.